The molecule has 2 atom stereocenters. The maximum absolute atomic E-state index is 10.7. The van der Waals surface area contributed by atoms with E-state index in [9.17, 15) is 5.11 Å². The smallest absolute Gasteiger partial charge is 0.202 e. The van der Waals surface area contributed by atoms with E-state index in [4.69, 9.17) is 26.4 Å². The fourth-order valence-corrected chi connectivity index (χ4v) is 4.59. The molecule has 3 heterocycles. The summed E-state index contributed by atoms with van der Waals surface area (Å²) >= 11 is 6.88. The van der Waals surface area contributed by atoms with Gasteiger partial charge in [0, 0.05) is 7.11 Å². The molecule has 2 aliphatic rings. The van der Waals surface area contributed by atoms with Crippen LogP contribution in [0.15, 0.2) is 41.1 Å². The van der Waals surface area contributed by atoms with E-state index in [2.05, 4.69) is 10.3 Å². The number of fused-ring (bicyclic) bond motifs is 2. The van der Waals surface area contributed by atoms with Crippen LogP contribution < -0.4 is 10.1 Å². The molecular weight excluding hydrogens is 374 g/mol. The molecule has 26 heavy (non-hydrogen) atoms. The monoisotopic (exact) mass is 391 g/mol. The first-order chi connectivity index (χ1) is 12.6. The number of para-hydroxylation sites is 2. The van der Waals surface area contributed by atoms with Crippen LogP contribution in [0.25, 0.3) is 0 Å². The lowest BCUT2D eigenvalue weighted by molar-refractivity contribution is 0.111. The molecule has 0 fully saturated rings. The summed E-state index contributed by atoms with van der Waals surface area (Å²) in [5, 5.41) is 13.5. The predicted molar refractivity (Wildman–Crippen MR) is 101 cm³/mol. The molecule has 0 spiro atoms. The summed E-state index contributed by atoms with van der Waals surface area (Å²) in [7, 11) is 3.13. The Morgan fingerprint density at radius 3 is 2.92 bits per heavy atom. The first-order valence-electron chi connectivity index (χ1n) is 7.90. The predicted octanol–water partition coefficient (Wildman–Crippen LogP) is 3.57. The zero-order chi connectivity index (χ0) is 18.3. The minimum atomic E-state index is -0.856. The summed E-state index contributed by atoms with van der Waals surface area (Å²) in [6, 6.07) is 7.60. The second-order valence-corrected chi connectivity index (χ2v) is 7.32. The Bertz CT molecular complexity index is 944. The average molecular weight is 391 g/mol. The van der Waals surface area contributed by atoms with Gasteiger partial charge in [-0.25, -0.2) is 0 Å². The van der Waals surface area contributed by atoms with Crippen molar-refractivity contribution in [3.8, 4) is 11.5 Å². The number of benzene rings is 1. The van der Waals surface area contributed by atoms with Crippen molar-refractivity contribution in [1.29, 1.82) is 0 Å². The van der Waals surface area contributed by atoms with Gasteiger partial charge in [0.2, 0.25) is 4.77 Å². The van der Waals surface area contributed by atoms with Crippen molar-refractivity contribution in [2.45, 2.75) is 11.5 Å². The molecule has 0 bridgehead atoms. The maximum Gasteiger partial charge on any atom is 0.202 e. The molecule has 0 saturated heterocycles. The summed E-state index contributed by atoms with van der Waals surface area (Å²) < 4.78 is 18.6. The number of anilines is 2. The van der Waals surface area contributed by atoms with Crippen LogP contribution in [0.1, 0.15) is 5.37 Å². The second kappa shape index (κ2) is 6.92. The lowest BCUT2D eigenvalue weighted by Gasteiger charge is -2.24. The van der Waals surface area contributed by atoms with E-state index in [1.807, 2.05) is 24.3 Å². The van der Waals surface area contributed by atoms with E-state index < -0.39 is 11.5 Å². The normalized spacial score (nSPS) is 20.9. The Morgan fingerprint density at radius 1 is 1.35 bits per heavy atom. The van der Waals surface area contributed by atoms with Crippen molar-refractivity contribution >= 4 is 35.5 Å². The van der Waals surface area contributed by atoms with Crippen molar-refractivity contribution < 1.29 is 19.3 Å². The third-order valence-electron chi connectivity index (χ3n) is 4.12. The highest BCUT2D eigenvalue weighted by molar-refractivity contribution is 8.03. The number of nitrogens with zero attached hydrogens (tertiary/aromatic N) is 2. The number of hydrogen-bond donors (Lipinski definition) is 2. The first kappa shape index (κ1) is 17.3. The molecule has 4 rings (SSSR count). The van der Waals surface area contributed by atoms with Crippen molar-refractivity contribution in [2.24, 2.45) is 0 Å². The number of aliphatic hydroxyl groups excluding tert-OH is 1. The minimum absolute atomic E-state index is 0.338. The van der Waals surface area contributed by atoms with E-state index in [1.54, 1.807) is 17.9 Å². The third kappa shape index (κ3) is 2.86. The van der Waals surface area contributed by atoms with Crippen LogP contribution in [0.2, 0.25) is 0 Å². The highest BCUT2D eigenvalue weighted by Gasteiger charge is 2.37. The highest BCUT2D eigenvalue weighted by Crippen LogP contribution is 2.47. The van der Waals surface area contributed by atoms with Crippen LogP contribution in [-0.4, -0.2) is 41.6 Å². The number of hydrogen-bond acceptors (Lipinski definition) is 8. The summed E-state index contributed by atoms with van der Waals surface area (Å²) in [5.41, 5.74) is 0.834. The highest BCUT2D eigenvalue weighted by atomic mass is 32.2. The van der Waals surface area contributed by atoms with Gasteiger partial charge < -0.3 is 29.2 Å². The molecule has 7 nitrogen and oxygen atoms in total. The first-order valence-corrected chi connectivity index (χ1v) is 9.19. The number of thioether (sulfide) groups is 1. The SMILES string of the molecule is COCC1=C(OC)C(O)[C@H](n2cc3c(nc2=S)Nc2ccccc2O3)S1. The molecule has 0 saturated carbocycles. The van der Waals surface area contributed by atoms with Crippen LogP contribution in [-0.2, 0) is 9.47 Å². The summed E-state index contributed by atoms with van der Waals surface area (Å²) in [5.74, 6) is 2.30. The van der Waals surface area contributed by atoms with Crippen LogP contribution in [0.5, 0.6) is 11.5 Å². The minimum Gasteiger partial charge on any atom is -0.497 e. The number of nitrogens with one attached hydrogen (secondary N) is 1. The summed E-state index contributed by atoms with van der Waals surface area (Å²) in [4.78, 5) is 5.27. The lowest BCUT2D eigenvalue weighted by Crippen LogP contribution is -2.22. The molecule has 1 unspecified atom stereocenters. The Balaban J connectivity index is 1.69. The Hall–Kier alpha value is -2.07. The maximum atomic E-state index is 10.7. The number of methoxy groups -OCH3 is 2. The second-order valence-electron chi connectivity index (χ2n) is 5.74. The standard InChI is InChI=1S/C17H17N3O4S2/c1-22-8-12-14(23-2)13(21)16(26-12)20-7-11-15(19-17(20)25)18-9-5-3-4-6-10(9)24-11/h3-7,13,16,21H,8H2,1-2H3,(H,18,19,25)/t13?,16-/m1/s1. The van der Waals surface area contributed by atoms with Crippen molar-refractivity contribution in [3.05, 3.63) is 45.9 Å². The van der Waals surface area contributed by atoms with Crippen LogP contribution in [0.3, 0.4) is 0 Å². The summed E-state index contributed by atoms with van der Waals surface area (Å²) in [6.45, 7) is 0.360. The van der Waals surface area contributed by atoms with Gasteiger partial charge in [0.25, 0.3) is 0 Å². The van der Waals surface area contributed by atoms with Crippen molar-refractivity contribution in [1.82, 2.24) is 9.55 Å². The number of ether oxygens (including phenoxy) is 3. The van der Waals surface area contributed by atoms with Crippen molar-refractivity contribution in [2.75, 3.05) is 26.1 Å². The molecule has 9 heteroatoms. The number of aromatic nitrogens is 2. The lowest BCUT2D eigenvalue weighted by atomic mass is 10.2. The Morgan fingerprint density at radius 2 is 2.15 bits per heavy atom. The molecule has 0 aliphatic carbocycles. The molecule has 2 aliphatic heterocycles. The zero-order valence-corrected chi connectivity index (χ0v) is 15.8. The molecule has 1 aromatic carbocycles. The van der Waals surface area contributed by atoms with Gasteiger partial charge >= 0.3 is 0 Å². The Labute approximate surface area is 159 Å². The van der Waals surface area contributed by atoms with E-state index in [0.29, 0.717) is 34.5 Å². The van der Waals surface area contributed by atoms with Crippen LogP contribution in [0, 0.1) is 4.77 Å². The van der Waals surface area contributed by atoms with Gasteiger partial charge in [-0.2, -0.15) is 4.98 Å². The fraction of sp³-hybridized carbons (Fsp3) is 0.294. The fourth-order valence-electron chi connectivity index (χ4n) is 2.95. The summed E-state index contributed by atoms with van der Waals surface area (Å²) in [6.07, 6.45) is 0.905. The number of aliphatic hydroxyl groups is 1. The largest absolute Gasteiger partial charge is 0.497 e. The number of rotatable bonds is 4. The Kier molecular flexibility index (Phi) is 4.62. The van der Waals surface area contributed by atoms with Crippen LogP contribution in [0.4, 0.5) is 11.5 Å². The molecule has 1 aromatic heterocycles. The van der Waals surface area contributed by atoms with Gasteiger partial charge in [0.1, 0.15) is 17.2 Å². The molecule has 2 N–H and O–H groups in total. The van der Waals surface area contributed by atoms with Gasteiger partial charge in [0.05, 0.1) is 30.5 Å². The van der Waals surface area contributed by atoms with Gasteiger partial charge in [-0.05, 0) is 24.4 Å². The van der Waals surface area contributed by atoms with E-state index in [1.165, 1.54) is 18.9 Å². The molecular formula is C17H17N3O4S2. The van der Waals surface area contributed by atoms with Gasteiger partial charge in [-0.3, -0.25) is 0 Å². The van der Waals surface area contributed by atoms with Gasteiger partial charge in [-0.15, -0.1) is 0 Å². The van der Waals surface area contributed by atoms with Gasteiger partial charge in [0.15, 0.2) is 17.3 Å². The van der Waals surface area contributed by atoms with E-state index in [0.717, 1.165) is 10.6 Å². The average Bonchev–Trinajstić information content (AvgIpc) is 2.95. The third-order valence-corrected chi connectivity index (χ3v) is 5.76. The van der Waals surface area contributed by atoms with Crippen LogP contribution >= 0.6 is 24.0 Å². The topological polar surface area (TPSA) is 77.8 Å². The molecule has 2 aromatic rings. The zero-order valence-electron chi connectivity index (χ0n) is 14.1. The van der Waals surface area contributed by atoms with Crippen molar-refractivity contribution in [3.63, 3.8) is 0 Å². The van der Waals surface area contributed by atoms with E-state index >= 15 is 0 Å². The molecule has 0 radical (unpaired) electrons. The van der Waals surface area contributed by atoms with Gasteiger partial charge in [-0.1, -0.05) is 23.9 Å². The molecule has 0 amide bonds. The van der Waals surface area contributed by atoms with E-state index in [-0.39, 0.29) is 0 Å². The molecule has 136 valence electrons. The quantitative estimate of drug-likeness (QED) is 0.654.